The number of nitrogens with one attached hydrogen (secondary N) is 1. The van der Waals surface area contributed by atoms with Crippen molar-refractivity contribution in [3.05, 3.63) is 24.5 Å². The van der Waals surface area contributed by atoms with Gasteiger partial charge in [0.15, 0.2) is 0 Å². The standard InChI is InChI=1S/C19H31N3/c1-16-3-2-4-17(6-5-16)15-21-18-9-13-22(14-10-18)19-7-11-20-12-8-19/h7-8,11-12,16-18,21H,2-6,9-10,13-15H2,1H3. The number of pyridine rings is 1. The molecule has 0 spiro atoms. The number of hydrogen-bond donors (Lipinski definition) is 1. The van der Waals surface area contributed by atoms with Gasteiger partial charge in [0.05, 0.1) is 0 Å². The van der Waals surface area contributed by atoms with Crippen molar-refractivity contribution in [1.82, 2.24) is 10.3 Å². The molecule has 122 valence electrons. The first-order valence-corrected chi connectivity index (χ1v) is 9.19. The van der Waals surface area contributed by atoms with Gasteiger partial charge in [-0.2, -0.15) is 0 Å². The van der Waals surface area contributed by atoms with Crippen molar-refractivity contribution in [3.63, 3.8) is 0 Å². The average Bonchev–Trinajstić information content (AvgIpc) is 2.79. The maximum absolute atomic E-state index is 4.11. The quantitative estimate of drug-likeness (QED) is 0.856. The molecule has 1 aromatic rings. The molecule has 1 aliphatic carbocycles. The van der Waals surface area contributed by atoms with E-state index in [9.17, 15) is 0 Å². The molecule has 1 saturated heterocycles. The smallest absolute Gasteiger partial charge is 0.0397 e. The second-order valence-corrected chi connectivity index (χ2v) is 7.35. The fourth-order valence-electron chi connectivity index (χ4n) is 4.00. The highest BCUT2D eigenvalue weighted by atomic mass is 15.1. The Morgan fingerprint density at radius 2 is 1.82 bits per heavy atom. The monoisotopic (exact) mass is 301 g/mol. The Morgan fingerprint density at radius 1 is 1.05 bits per heavy atom. The highest BCUT2D eigenvalue weighted by Crippen LogP contribution is 2.27. The van der Waals surface area contributed by atoms with Crippen LogP contribution in [0, 0.1) is 11.8 Å². The Bertz CT molecular complexity index is 426. The number of anilines is 1. The van der Waals surface area contributed by atoms with Crippen LogP contribution >= 0.6 is 0 Å². The Morgan fingerprint density at radius 3 is 2.59 bits per heavy atom. The summed E-state index contributed by atoms with van der Waals surface area (Å²) in [5, 5.41) is 3.87. The summed E-state index contributed by atoms with van der Waals surface area (Å²) in [5.41, 5.74) is 1.33. The molecule has 1 aromatic heterocycles. The lowest BCUT2D eigenvalue weighted by Gasteiger charge is -2.34. The Kier molecular flexibility index (Phi) is 5.71. The van der Waals surface area contributed by atoms with Gasteiger partial charge in [0, 0.05) is 37.2 Å². The van der Waals surface area contributed by atoms with Gasteiger partial charge in [-0.15, -0.1) is 0 Å². The highest BCUT2D eigenvalue weighted by molar-refractivity contribution is 5.44. The zero-order chi connectivity index (χ0) is 15.2. The van der Waals surface area contributed by atoms with Crippen LogP contribution in [0.5, 0.6) is 0 Å². The summed E-state index contributed by atoms with van der Waals surface area (Å²) in [4.78, 5) is 6.60. The van der Waals surface area contributed by atoms with Crippen LogP contribution in [0.25, 0.3) is 0 Å². The zero-order valence-corrected chi connectivity index (χ0v) is 14.0. The lowest BCUT2D eigenvalue weighted by atomic mass is 9.97. The van der Waals surface area contributed by atoms with Crippen LogP contribution in [-0.2, 0) is 0 Å². The third kappa shape index (κ3) is 4.45. The SMILES string of the molecule is CC1CCCC(CNC2CCN(c3ccncc3)CC2)CC1. The Balaban J connectivity index is 1.39. The van der Waals surface area contributed by atoms with Crippen molar-refractivity contribution < 1.29 is 0 Å². The lowest BCUT2D eigenvalue weighted by molar-refractivity contribution is 0.352. The molecule has 22 heavy (non-hydrogen) atoms. The van der Waals surface area contributed by atoms with Crippen LogP contribution in [0.1, 0.15) is 51.9 Å². The second-order valence-electron chi connectivity index (χ2n) is 7.35. The molecule has 0 aromatic carbocycles. The number of piperidine rings is 1. The summed E-state index contributed by atoms with van der Waals surface area (Å²) in [5.74, 6) is 1.87. The topological polar surface area (TPSA) is 28.2 Å². The van der Waals surface area contributed by atoms with Crippen LogP contribution in [-0.4, -0.2) is 30.7 Å². The third-order valence-corrected chi connectivity index (χ3v) is 5.60. The normalized spacial score (nSPS) is 27.6. The molecule has 2 heterocycles. The van der Waals surface area contributed by atoms with E-state index in [1.165, 1.54) is 70.3 Å². The van der Waals surface area contributed by atoms with Gasteiger partial charge in [0.2, 0.25) is 0 Å². The molecular weight excluding hydrogens is 270 g/mol. The molecule has 1 aliphatic heterocycles. The van der Waals surface area contributed by atoms with E-state index in [-0.39, 0.29) is 0 Å². The van der Waals surface area contributed by atoms with E-state index in [0.29, 0.717) is 0 Å². The lowest BCUT2D eigenvalue weighted by Crippen LogP contribution is -2.43. The van der Waals surface area contributed by atoms with Gasteiger partial charge in [0.25, 0.3) is 0 Å². The summed E-state index contributed by atoms with van der Waals surface area (Å²) < 4.78 is 0. The summed E-state index contributed by atoms with van der Waals surface area (Å²) in [7, 11) is 0. The first-order chi connectivity index (χ1) is 10.8. The van der Waals surface area contributed by atoms with Gasteiger partial charge < -0.3 is 10.2 Å². The maximum Gasteiger partial charge on any atom is 0.0397 e. The molecule has 3 heteroatoms. The van der Waals surface area contributed by atoms with Gasteiger partial charge in [-0.3, -0.25) is 4.98 Å². The van der Waals surface area contributed by atoms with E-state index in [0.717, 1.165) is 17.9 Å². The maximum atomic E-state index is 4.11. The molecule has 1 N–H and O–H groups in total. The molecule has 2 aliphatic rings. The molecule has 3 nitrogen and oxygen atoms in total. The first-order valence-electron chi connectivity index (χ1n) is 9.19. The number of nitrogens with zero attached hydrogens (tertiary/aromatic N) is 2. The number of hydrogen-bond acceptors (Lipinski definition) is 3. The largest absolute Gasteiger partial charge is 0.371 e. The summed E-state index contributed by atoms with van der Waals surface area (Å²) in [6, 6.07) is 4.97. The Labute approximate surface area is 135 Å². The molecule has 2 atom stereocenters. The number of rotatable bonds is 4. The Hall–Kier alpha value is -1.09. The van der Waals surface area contributed by atoms with E-state index in [1.807, 2.05) is 12.4 Å². The van der Waals surface area contributed by atoms with Crippen molar-refractivity contribution >= 4 is 5.69 Å². The van der Waals surface area contributed by atoms with Crippen molar-refractivity contribution in [2.75, 3.05) is 24.5 Å². The fourth-order valence-corrected chi connectivity index (χ4v) is 4.00. The van der Waals surface area contributed by atoms with Crippen LogP contribution < -0.4 is 10.2 Å². The zero-order valence-electron chi connectivity index (χ0n) is 14.0. The van der Waals surface area contributed by atoms with E-state index >= 15 is 0 Å². The molecule has 2 unspecified atom stereocenters. The van der Waals surface area contributed by atoms with Crippen LogP contribution in [0.15, 0.2) is 24.5 Å². The van der Waals surface area contributed by atoms with Crippen molar-refractivity contribution in [2.24, 2.45) is 11.8 Å². The molecule has 0 amide bonds. The minimum absolute atomic E-state index is 0.721. The molecule has 2 fully saturated rings. The molecular formula is C19H31N3. The van der Waals surface area contributed by atoms with Gasteiger partial charge in [-0.25, -0.2) is 0 Å². The van der Waals surface area contributed by atoms with E-state index in [4.69, 9.17) is 0 Å². The first kappa shape index (κ1) is 15.8. The third-order valence-electron chi connectivity index (χ3n) is 5.60. The van der Waals surface area contributed by atoms with Crippen molar-refractivity contribution in [3.8, 4) is 0 Å². The van der Waals surface area contributed by atoms with Gasteiger partial charge in [0.1, 0.15) is 0 Å². The van der Waals surface area contributed by atoms with Crippen LogP contribution in [0.2, 0.25) is 0 Å². The van der Waals surface area contributed by atoms with Gasteiger partial charge in [-0.05, 0) is 56.2 Å². The minimum atomic E-state index is 0.721. The van der Waals surface area contributed by atoms with E-state index in [1.54, 1.807) is 0 Å². The van der Waals surface area contributed by atoms with E-state index in [2.05, 4.69) is 34.3 Å². The fraction of sp³-hybridized carbons (Fsp3) is 0.737. The summed E-state index contributed by atoms with van der Waals surface area (Å²) in [6.45, 7) is 6.00. The predicted molar refractivity (Wildman–Crippen MR) is 93.2 cm³/mol. The van der Waals surface area contributed by atoms with Gasteiger partial charge in [-0.1, -0.05) is 26.2 Å². The van der Waals surface area contributed by atoms with Crippen LogP contribution in [0.3, 0.4) is 0 Å². The second kappa shape index (κ2) is 7.96. The molecule has 3 rings (SSSR count). The molecule has 0 radical (unpaired) electrons. The average molecular weight is 301 g/mol. The molecule has 1 saturated carbocycles. The van der Waals surface area contributed by atoms with Crippen molar-refractivity contribution in [1.29, 1.82) is 0 Å². The van der Waals surface area contributed by atoms with Gasteiger partial charge >= 0.3 is 0 Å². The predicted octanol–water partition coefficient (Wildman–Crippen LogP) is 3.86. The van der Waals surface area contributed by atoms with E-state index < -0.39 is 0 Å². The minimum Gasteiger partial charge on any atom is -0.371 e. The summed E-state index contributed by atoms with van der Waals surface area (Å²) >= 11 is 0. The number of aromatic nitrogens is 1. The highest BCUT2D eigenvalue weighted by Gasteiger charge is 2.21. The van der Waals surface area contributed by atoms with Crippen molar-refractivity contribution in [2.45, 2.75) is 57.9 Å². The molecule has 0 bridgehead atoms. The van der Waals surface area contributed by atoms with Crippen LogP contribution in [0.4, 0.5) is 5.69 Å². The summed E-state index contributed by atoms with van der Waals surface area (Å²) in [6.07, 6.45) is 13.5.